The predicted octanol–water partition coefficient (Wildman–Crippen LogP) is 1.80. The molecule has 2 N–H and O–H groups in total. The number of hydrogen-bond donors (Lipinski definition) is 1. The Morgan fingerprint density at radius 3 is 2.86 bits per heavy atom. The molecule has 0 aliphatic carbocycles. The van der Waals surface area contributed by atoms with Crippen molar-refractivity contribution >= 4 is 5.69 Å². The van der Waals surface area contributed by atoms with Gasteiger partial charge in [-0.3, -0.25) is 10.1 Å². The van der Waals surface area contributed by atoms with Crippen molar-refractivity contribution in [1.29, 1.82) is 0 Å². The number of rotatable bonds is 6. The van der Waals surface area contributed by atoms with Gasteiger partial charge in [-0.2, -0.15) is 5.10 Å². The number of nitrogens with two attached hydrogens (primary N) is 1. The van der Waals surface area contributed by atoms with Gasteiger partial charge in [0.2, 0.25) is 0 Å². The lowest BCUT2D eigenvalue weighted by molar-refractivity contribution is -0.386. The third-order valence-corrected chi connectivity index (χ3v) is 2.95. The van der Waals surface area contributed by atoms with Crippen LogP contribution in [0, 0.1) is 10.1 Å². The minimum atomic E-state index is -0.483. The quantitative estimate of drug-likeness (QED) is 0.642. The summed E-state index contributed by atoms with van der Waals surface area (Å²) in [7, 11) is 0. The van der Waals surface area contributed by atoms with Crippen molar-refractivity contribution in [3.8, 4) is 5.75 Å². The lowest BCUT2D eigenvalue weighted by atomic mass is 10.2. The molecule has 1 heterocycles. The van der Waals surface area contributed by atoms with Gasteiger partial charge in [-0.1, -0.05) is 6.07 Å². The Bertz CT molecular complexity index is 638. The van der Waals surface area contributed by atoms with E-state index in [0.717, 1.165) is 5.56 Å². The fourth-order valence-electron chi connectivity index (χ4n) is 1.90. The van der Waals surface area contributed by atoms with Gasteiger partial charge in [-0.05, 0) is 25.5 Å². The first-order valence-corrected chi connectivity index (χ1v) is 6.51. The molecule has 1 aromatic carbocycles. The molecule has 0 unspecified atom stereocenters. The smallest absolute Gasteiger partial charge is 0.310 e. The first-order chi connectivity index (χ1) is 10.0. The Hall–Kier alpha value is -2.48. The van der Waals surface area contributed by atoms with Crippen LogP contribution in [0.25, 0.3) is 0 Å². The number of aromatic nitrogens is 3. The van der Waals surface area contributed by atoms with E-state index in [2.05, 4.69) is 10.1 Å². The van der Waals surface area contributed by atoms with Crippen LogP contribution in [0.2, 0.25) is 0 Å². The molecule has 2 rings (SSSR count). The number of nitro benzene ring substituents is 1. The summed E-state index contributed by atoms with van der Waals surface area (Å²) in [5.74, 6) is 0.790. The highest BCUT2D eigenvalue weighted by Gasteiger charge is 2.17. The maximum Gasteiger partial charge on any atom is 0.310 e. The topological polar surface area (TPSA) is 109 Å². The minimum absolute atomic E-state index is 0.0946. The van der Waals surface area contributed by atoms with Gasteiger partial charge >= 0.3 is 5.69 Å². The second-order valence-electron chi connectivity index (χ2n) is 4.77. The lowest BCUT2D eigenvalue weighted by Gasteiger charge is -2.11. The molecule has 0 atom stereocenters. The highest BCUT2D eigenvalue weighted by Crippen LogP contribution is 2.28. The molecular weight excluding hydrogens is 274 g/mol. The van der Waals surface area contributed by atoms with E-state index in [-0.39, 0.29) is 30.6 Å². The molecule has 2 aromatic rings. The second-order valence-corrected chi connectivity index (χ2v) is 4.77. The molecule has 0 radical (unpaired) electrons. The highest BCUT2D eigenvalue weighted by atomic mass is 16.6. The number of nitro groups is 1. The zero-order valence-corrected chi connectivity index (χ0v) is 11.9. The summed E-state index contributed by atoms with van der Waals surface area (Å²) in [6.07, 6.45) is 1.43. The van der Waals surface area contributed by atoms with E-state index in [1.54, 1.807) is 16.8 Å². The van der Waals surface area contributed by atoms with Gasteiger partial charge in [-0.25, -0.2) is 9.67 Å². The van der Waals surface area contributed by atoms with E-state index in [4.69, 9.17) is 10.5 Å². The van der Waals surface area contributed by atoms with E-state index >= 15 is 0 Å². The Balaban J connectivity index is 2.22. The highest BCUT2D eigenvalue weighted by molar-refractivity contribution is 5.48. The molecule has 0 saturated heterocycles. The standard InChI is InChI=1S/C13H17N5O3/c1-9(2)17-13(15-8-16-17)7-21-12-5-10(6-14)3-4-11(12)18(19)20/h3-5,8-9H,6-7,14H2,1-2H3. The molecule has 0 aliphatic heterocycles. The summed E-state index contributed by atoms with van der Waals surface area (Å²) < 4.78 is 7.26. The van der Waals surface area contributed by atoms with Crippen LogP contribution >= 0.6 is 0 Å². The van der Waals surface area contributed by atoms with Crippen LogP contribution in [-0.2, 0) is 13.2 Å². The summed E-state index contributed by atoms with van der Waals surface area (Å²) >= 11 is 0. The molecule has 112 valence electrons. The average molecular weight is 291 g/mol. The second kappa shape index (κ2) is 6.31. The van der Waals surface area contributed by atoms with Crippen molar-refractivity contribution in [3.63, 3.8) is 0 Å². The first-order valence-electron chi connectivity index (χ1n) is 6.51. The monoisotopic (exact) mass is 291 g/mol. The van der Waals surface area contributed by atoms with Gasteiger partial charge in [0, 0.05) is 18.7 Å². The third kappa shape index (κ3) is 3.34. The molecule has 0 bridgehead atoms. The van der Waals surface area contributed by atoms with Crippen LogP contribution in [0.4, 0.5) is 5.69 Å². The summed E-state index contributed by atoms with van der Waals surface area (Å²) in [5.41, 5.74) is 6.22. The van der Waals surface area contributed by atoms with Crippen molar-refractivity contribution in [2.75, 3.05) is 0 Å². The van der Waals surface area contributed by atoms with E-state index in [0.29, 0.717) is 5.82 Å². The van der Waals surface area contributed by atoms with Gasteiger partial charge in [0.05, 0.1) is 4.92 Å². The molecule has 0 fully saturated rings. The molecule has 8 nitrogen and oxygen atoms in total. The zero-order valence-electron chi connectivity index (χ0n) is 11.9. The maximum absolute atomic E-state index is 11.0. The van der Waals surface area contributed by atoms with Crippen molar-refractivity contribution in [3.05, 3.63) is 46.0 Å². The van der Waals surface area contributed by atoms with Crippen molar-refractivity contribution in [2.45, 2.75) is 33.0 Å². The Kier molecular flexibility index (Phi) is 4.49. The van der Waals surface area contributed by atoms with E-state index in [1.807, 2.05) is 13.8 Å². The van der Waals surface area contributed by atoms with Crippen LogP contribution in [0.5, 0.6) is 5.75 Å². The van der Waals surface area contributed by atoms with Crippen LogP contribution in [0.1, 0.15) is 31.3 Å². The van der Waals surface area contributed by atoms with Crippen molar-refractivity contribution < 1.29 is 9.66 Å². The maximum atomic E-state index is 11.0. The van der Waals surface area contributed by atoms with Gasteiger partial charge in [0.1, 0.15) is 12.9 Å². The van der Waals surface area contributed by atoms with Crippen molar-refractivity contribution in [1.82, 2.24) is 14.8 Å². The Morgan fingerprint density at radius 2 is 2.24 bits per heavy atom. The van der Waals surface area contributed by atoms with Gasteiger partial charge in [-0.15, -0.1) is 0 Å². The van der Waals surface area contributed by atoms with Crippen LogP contribution < -0.4 is 10.5 Å². The third-order valence-electron chi connectivity index (χ3n) is 2.95. The van der Waals surface area contributed by atoms with E-state index in [1.165, 1.54) is 12.4 Å². The Morgan fingerprint density at radius 1 is 1.48 bits per heavy atom. The van der Waals surface area contributed by atoms with Gasteiger partial charge in [0.25, 0.3) is 0 Å². The van der Waals surface area contributed by atoms with Crippen LogP contribution in [0.15, 0.2) is 24.5 Å². The fraction of sp³-hybridized carbons (Fsp3) is 0.385. The summed E-state index contributed by atoms with van der Waals surface area (Å²) in [4.78, 5) is 14.6. The van der Waals surface area contributed by atoms with Crippen molar-refractivity contribution in [2.24, 2.45) is 5.73 Å². The summed E-state index contributed by atoms with van der Waals surface area (Å²) in [6.45, 7) is 4.33. The van der Waals surface area contributed by atoms with E-state index in [9.17, 15) is 10.1 Å². The zero-order chi connectivity index (χ0) is 15.4. The number of nitrogens with zero attached hydrogens (tertiary/aromatic N) is 4. The number of benzene rings is 1. The molecule has 21 heavy (non-hydrogen) atoms. The molecular formula is C13H17N5O3. The SMILES string of the molecule is CC(C)n1ncnc1COc1cc(CN)ccc1[N+](=O)[O-]. The molecule has 1 aromatic heterocycles. The first kappa shape index (κ1) is 14.9. The van der Waals surface area contributed by atoms with Crippen LogP contribution in [-0.4, -0.2) is 19.7 Å². The molecule has 0 aliphatic rings. The molecule has 8 heteroatoms. The molecule has 0 saturated carbocycles. The summed E-state index contributed by atoms with van der Waals surface area (Å²) in [5, 5.41) is 15.1. The number of ether oxygens (including phenoxy) is 1. The molecule has 0 amide bonds. The minimum Gasteiger partial charge on any atom is -0.479 e. The molecule has 0 spiro atoms. The van der Waals surface area contributed by atoms with Gasteiger partial charge < -0.3 is 10.5 Å². The largest absolute Gasteiger partial charge is 0.479 e. The normalized spacial score (nSPS) is 10.9. The predicted molar refractivity (Wildman–Crippen MR) is 75.7 cm³/mol. The fourth-order valence-corrected chi connectivity index (χ4v) is 1.90. The van der Waals surface area contributed by atoms with Crippen LogP contribution in [0.3, 0.4) is 0 Å². The lowest BCUT2D eigenvalue weighted by Crippen LogP contribution is -2.11. The summed E-state index contributed by atoms with van der Waals surface area (Å²) in [6, 6.07) is 4.72. The number of hydrogen-bond acceptors (Lipinski definition) is 6. The Labute approximate surface area is 121 Å². The average Bonchev–Trinajstić information content (AvgIpc) is 2.93. The van der Waals surface area contributed by atoms with E-state index < -0.39 is 4.92 Å². The van der Waals surface area contributed by atoms with Gasteiger partial charge in [0.15, 0.2) is 11.6 Å².